The summed E-state index contributed by atoms with van der Waals surface area (Å²) in [4.78, 5) is 0. The number of hydrogen-bond acceptors (Lipinski definition) is 3. The van der Waals surface area contributed by atoms with Crippen molar-refractivity contribution in [3.05, 3.63) is 23.3 Å². The minimum atomic E-state index is -4.72. The predicted octanol–water partition coefficient (Wildman–Crippen LogP) is 9.75. The third kappa shape index (κ3) is 7.45. The first kappa shape index (κ1) is 29.1. The van der Waals surface area contributed by atoms with Crippen LogP contribution in [0, 0.1) is 23.7 Å². The van der Waals surface area contributed by atoms with Crippen LogP contribution in [-0.2, 0) is 11.2 Å². The van der Waals surface area contributed by atoms with Gasteiger partial charge in [0, 0.05) is 6.61 Å². The molecule has 220 valence electrons. The third-order valence-corrected chi connectivity index (χ3v) is 10.5. The zero-order chi connectivity index (χ0) is 27.4. The van der Waals surface area contributed by atoms with Crippen molar-refractivity contribution in [2.24, 2.45) is 23.7 Å². The Morgan fingerprint density at radius 3 is 2.05 bits per heavy atom. The van der Waals surface area contributed by atoms with Gasteiger partial charge in [-0.2, -0.15) is 0 Å². The molecule has 1 aromatic carbocycles. The molecule has 4 aliphatic rings. The van der Waals surface area contributed by atoms with Gasteiger partial charge in [-0.15, -0.1) is 13.2 Å². The fraction of sp³-hybridized carbons (Fsp3) is 0.818. The minimum absolute atomic E-state index is 0.00496. The van der Waals surface area contributed by atoms with Crippen molar-refractivity contribution in [1.82, 2.24) is 0 Å². The average molecular weight is 551 g/mol. The molecular formula is C33H49F3O3. The number of hydrogen-bond donors (Lipinski definition) is 0. The molecule has 1 aliphatic heterocycles. The van der Waals surface area contributed by atoms with Gasteiger partial charge in [0.05, 0.1) is 6.10 Å². The average Bonchev–Trinajstić information content (AvgIpc) is 2.95. The van der Waals surface area contributed by atoms with Gasteiger partial charge in [0.25, 0.3) is 0 Å². The van der Waals surface area contributed by atoms with E-state index in [0.29, 0.717) is 23.7 Å². The normalized spacial score (nSPS) is 33.7. The van der Waals surface area contributed by atoms with E-state index in [4.69, 9.17) is 9.47 Å². The molecular weight excluding hydrogens is 501 g/mol. The molecule has 0 amide bonds. The van der Waals surface area contributed by atoms with E-state index >= 15 is 0 Å². The van der Waals surface area contributed by atoms with E-state index in [2.05, 4.69) is 24.7 Å². The summed E-state index contributed by atoms with van der Waals surface area (Å²) in [6.45, 7) is 5.28. The van der Waals surface area contributed by atoms with E-state index in [-0.39, 0.29) is 11.9 Å². The summed E-state index contributed by atoms with van der Waals surface area (Å²) in [5.74, 6) is 3.27. The van der Waals surface area contributed by atoms with E-state index < -0.39 is 6.36 Å². The van der Waals surface area contributed by atoms with Crippen LogP contribution in [0.2, 0.25) is 0 Å². The fourth-order valence-electron chi connectivity index (χ4n) is 8.18. The Kier molecular flexibility index (Phi) is 9.72. The zero-order valence-corrected chi connectivity index (χ0v) is 24.1. The van der Waals surface area contributed by atoms with Gasteiger partial charge in [-0.05, 0) is 130 Å². The Morgan fingerprint density at radius 1 is 0.795 bits per heavy atom. The van der Waals surface area contributed by atoms with Crippen molar-refractivity contribution in [3.8, 4) is 11.5 Å². The SMILES string of the molecule is CCCOC1CCC(C2CCC(c3cc4c(c(OC(F)(F)F)c3)OC(C3CCC(CC)CC3)CC4)CC2)CC1. The van der Waals surface area contributed by atoms with Gasteiger partial charge in [0.1, 0.15) is 6.10 Å². The first-order chi connectivity index (χ1) is 18.8. The van der Waals surface area contributed by atoms with Gasteiger partial charge in [-0.25, -0.2) is 0 Å². The molecule has 0 saturated heterocycles. The minimum Gasteiger partial charge on any atom is -0.486 e. The van der Waals surface area contributed by atoms with Crippen molar-refractivity contribution >= 4 is 0 Å². The molecule has 3 saturated carbocycles. The van der Waals surface area contributed by atoms with Gasteiger partial charge in [-0.3, -0.25) is 0 Å². The Labute approximate surface area is 233 Å². The smallest absolute Gasteiger partial charge is 0.486 e. The van der Waals surface area contributed by atoms with Gasteiger partial charge in [0.2, 0.25) is 0 Å². The Hall–Kier alpha value is -1.43. The maximum Gasteiger partial charge on any atom is 0.573 e. The molecule has 1 atom stereocenters. The highest BCUT2D eigenvalue weighted by Gasteiger charge is 2.38. The number of fused-ring (bicyclic) bond motifs is 1. The summed E-state index contributed by atoms with van der Waals surface area (Å²) in [6, 6.07) is 3.80. The van der Waals surface area contributed by atoms with Crippen LogP contribution in [0.4, 0.5) is 13.2 Å². The van der Waals surface area contributed by atoms with E-state index in [9.17, 15) is 13.2 Å². The number of alkyl halides is 3. The number of benzene rings is 1. The van der Waals surface area contributed by atoms with Crippen LogP contribution in [0.5, 0.6) is 11.5 Å². The second-order valence-electron chi connectivity index (χ2n) is 13.0. The topological polar surface area (TPSA) is 27.7 Å². The monoisotopic (exact) mass is 550 g/mol. The van der Waals surface area contributed by atoms with Crippen molar-refractivity contribution in [2.75, 3.05) is 6.61 Å². The molecule has 1 aromatic rings. The third-order valence-electron chi connectivity index (χ3n) is 10.5. The second-order valence-corrected chi connectivity index (χ2v) is 13.0. The number of halogens is 3. The van der Waals surface area contributed by atoms with Gasteiger partial charge in [-0.1, -0.05) is 39.2 Å². The van der Waals surface area contributed by atoms with Crippen LogP contribution in [0.3, 0.4) is 0 Å². The van der Waals surface area contributed by atoms with E-state index in [1.807, 2.05) is 0 Å². The standard InChI is InChI=1S/C33H49F3O3/c1-3-19-37-29-16-13-24(14-17-29)23-9-11-25(12-10-23)28-20-27-15-18-30(26-7-5-22(4-2)6-8-26)38-32(27)31(21-28)39-33(34,35)36/h20-26,29-30H,3-19H2,1-2H3. The highest BCUT2D eigenvalue weighted by atomic mass is 19.4. The molecule has 0 aromatic heterocycles. The first-order valence-electron chi connectivity index (χ1n) is 16.0. The molecule has 39 heavy (non-hydrogen) atoms. The predicted molar refractivity (Wildman–Crippen MR) is 148 cm³/mol. The lowest BCUT2D eigenvalue weighted by molar-refractivity contribution is -0.275. The molecule has 5 rings (SSSR count). The molecule has 0 radical (unpaired) electrons. The zero-order valence-electron chi connectivity index (χ0n) is 24.1. The summed E-state index contributed by atoms with van der Waals surface area (Å²) < 4.78 is 57.4. The molecule has 3 fully saturated rings. The maximum absolute atomic E-state index is 13.5. The van der Waals surface area contributed by atoms with Crippen LogP contribution in [0.15, 0.2) is 12.1 Å². The molecule has 0 bridgehead atoms. The van der Waals surface area contributed by atoms with Gasteiger partial charge < -0.3 is 14.2 Å². The lowest BCUT2D eigenvalue weighted by Crippen LogP contribution is -2.34. The Bertz CT molecular complexity index is 908. The van der Waals surface area contributed by atoms with Crippen molar-refractivity contribution in [3.63, 3.8) is 0 Å². The molecule has 1 unspecified atom stereocenters. The maximum atomic E-state index is 13.5. The lowest BCUT2D eigenvalue weighted by atomic mass is 9.69. The second kappa shape index (κ2) is 13.0. The van der Waals surface area contributed by atoms with Crippen LogP contribution >= 0.6 is 0 Å². The Balaban J connectivity index is 1.22. The summed E-state index contributed by atoms with van der Waals surface area (Å²) in [5.41, 5.74) is 1.91. The molecule has 6 heteroatoms. The first-order valence-corrected chi connectivity index (χ1v) is 16.0. The molecule has 3 aliphatic carbocycles. The van der Waals surface area contributed by atoms with Gasteiger partial charge in [0.15, 0.2) is 11.5 Å². The summed E-state index contributed by atoms with van der Waals surface area (Å²) in [6.07, 6.45) is 13.6. The van der Waals surface area contributed by atoms with Crippen LogP contribution < -0.4 is 9.47 Å². The highest BCUT2D eigenvalue weighted by Crippen LogP contribution is 2.48. The Morgan fingerprint density at radius 2 is 1.44 bits per heavy atom. The van der Waals surface area contributed by atoms with Crippen molar-refractivity contribution in [2.45, 2.75) is 141 Å². The molecule has 0 N–H and O–H groups in total. The largest absolute Gasteiger partial charge is 0.573 e. The van der Waals surface area contributed by atoms with Crippen LogP contribution in [0.25, 0.3) is 0 Å². The van der Waals surface area contributed by atoms with Gasteiger partial charge >= 0.3 is 6.36 Å². The number of rotatable bonds is 8. The summed E-state index contributed by atoms with van der Waals surface area (Å²) >= 11 is 0. The lowest BCUT2D eigenvalue weighted by Gasteiger charge is -2.39. The quantitative estimate of drug-likeness (QED) is 0.322. The van der Waals surface area contributed by atoms with Crippen molar-refractivity contribution < 1.29 is 27.4 Å². The molecule has 3 nitrogen and oxygen atoms in total. The van der Waals surface area contributed by atoms with E-state index in [1.165, 1.54) is 57.8 Å². The van der Waals surface area contributed by atoms with E-state index in [1.54, 1.807) is 6.07 Å². The molecule has 0 spiro atoms. The summed E-state index contributed by atoms with van der Waals surface area (Å²) in [7, 11) is 0. The van der Waals surface area contributed by atoms with Crippen molar-refractivity contribution in [1.29, 1.82) is 0 Å². The molecule has 1 heterocycles. The van der Waals surface area contributed by atoms with E-state index in [0.717, 1.165) is 80.4 Å². The van der Waals surface area contributed by atoms with Crippen LogP contribution in [0.1, 0.15) is 127 Å². The number of ether oxygens (including phenoxy) is 3. The summed E-state index contributed by atoms with van der Waals surface area (Å²) in [5, 5.41) is 0. The number of aryl methyl sites for hydroxylation is 1. The van der Waals surface area contributed by atoms with Crippen LogP contribution in [-0.4, -0.2) is 25.2 Å². The fourth-order valence-corrected chi connectivity index (χ4v) is 8.18. The highest BCUT2D eigenvalue weighted by molar-refractivity contribution is 5.51.